The van der Waals surface area contributed by atoms with Gasteiger partial charge in [0.2, 0.25) is 0 Å². The highest BCUT2D eigenvalue weighted by Gasteiger charge is 2.25. The third kappa shape index (κ3) is 4.64. The molecule has 182 valence electrons. The maximum Gasteiger partial charge on any atom is 0.326 e. The number of fused-ring (bicyclic) bond motifs is 2. The molecule has 2 N–H and O–H groups in total. The van der Waals surface area contributed by atoms with Gasteiger partial charge >= 0.3 is 5.97 Å². The normalized spacial score (nSPS) is 13.5. The molecule has 0 saturated heterocycles. The minimum atomic E-state index is -1.17. The van der Waals surface area contributed by atoms with Gasteiger partial charge in [0.25, 0.3) is 5.91 Å². The number of carbonyl (C=O) groups excluding carboxylic acids is 1. The first-order valence-electron chi connectivity index (χ1n) is 11.7. The van der Waals surface area contributed by atoms with Crippen LogP contribution in [0.5, 0.6) is 5.75 Å². The van der Waals surface area contributed by atoms with E-state index in [1.54, 1.807) is 6.07 Å². The molecule has 1 aliphatic heterocycles. The van der Waals surface area contributed by atoms with Gasteiger partial charge < -0.3 is 15.2 Å². The standard InChI is InChI=1S/C29H23Cl2NO4/c30-23-11-4-12-24(31)26(23)28(33)32-25(29(34)35)16-18-13-14-21(20-9-2-1-8-19(18)20)22-10-3-6-17-7-5-15-36-27(17)22/h1-4,6,8-14,25H,5,7,15-16H2,(H,32,33)(H,34,35)/t25-/m0/s1. The molecule has 1 heterocycles. The van der Waals surface area contributed by atoms with Crippen LogP contribution in [0.1, 0.15) is 27.9 Å². The van der Waals surface area contributed by atoms with Crippen molar-refractivity contribution in [2.75, 3.05) is 6.61 Å². The molecule has 0 aliphatic carbocycles. The van der Waals surface area contributed by atoms with Crippen molar-refractivity contribution in [3.8, 4) is 16.9 Å². The van der Waals surface area contributed by atoms with Crippen molar-refractivity contribution in [2.24, 2.45) is 0 Å². The number of halogens is 2. The van der Waals surface area contributed by atoms with Crippen LogP contribution in [0.3, 0.4) is 0 Å². The summed E-state index contributed by atoms with van der Waals surface area (Å²) in [5.41, 5.74) is 4.09. The molecule has 4 aromatic rings. The molecule has 0 radical (unpaired) electrons. The van der Waals surface area contributed by atoms with Crippen molar-refractivity contribution in [3.63, 3.8) is 0 Å². The van der Waals surface area contributed by atoms with Crippen LogP contribution in [0.4, 0.5) is 0 Å². The third-order valence-electron chi connectivity index (χ3n) is 6.46. The molecule has 4 aromatic carbocycles. The SMILES string of the molecule is O=C(N[C@@H](Cc1ccc(-c2cccc3c2OCCC3)c2ccccc12)C(=O)O)c1c(Cl)cccc1Cl. The van der Waals surface area contributed by atoms with Crippen molar-refractivity contribution in [1.82, 2.24) is 5.32 Å². The Balaban J connectivity index is 1.51. The number of carboxylic acid groups (broad SMARTS) is 1. The monoisotopic (exact) mass is 519 g/mol. The molecule has 1 atom stereocenters. The fraction of sp³-hybridized carbons (Fsp3) is 0.172. The highest BCUT2D eigenvalue weighted by molar-refractivity contribution is 6.39. The van der Waals surface area contributed by atoms with Crippen LogP contribution >= 0.6 is 23.2 Å². The van der Waals surface area contributed by atoms with Gasteiger partial charge in [0.1, 0.15) is 11.8 Å². The van der Waals surface area contributed by atoms with Crippen LogP contribution < -0.4 is 10.1 Å². The van der Waals surface area contributed by atoms with Gasteiger partial charge in [0.15, 0.2) is 0 Å². The summed E-state index contributed by atoms with van der Waals surface area (Å²) < 4.78 is 6.04. The molecule has 7 heteroatoms. The van der Waals surface area contributed by atoms with Gasteiger partial charge in [-0.3, -0.25) is 4.79 Å². The van der Waals surface area contributed by atoms with Crippen LogP contribution in [0.2, 0.25) is 10.0 Å². The fourth-order valence-electron chi connectivity index (χ4n) is 4.74. The predicted molar refractivity (Wildman–Crippen MR) is 142 cm³/mol. The Bertz CT molecular complexity index is 1460. The lowest BCUT2D eigenvalue weighted by atomic mass is 9.90. The molecule has 0 fully saturated rings. The number of aryl methyl sites for hydroxylation is 1. The van der Waals surface area contributed by atoms with E-state index in [1.807, 2.05) is 42.5 Å². The number of para-hydroxylation sites is 1. The lowest BCUT2D eigenvalue weighted by Gasteiger charge is -2.22. The van der Waals surface area contributed by atoms with E-state index in [-0.39, 0.29) is 22.0 Å². The summed E-state index contributed by atoms with van der Waals surface area (Å²) in [7, 11) is 0. The maximum atomic E-state index is 12.9. The van der Waals surface area contributed by atoms with E-state index in [1.165, 1.54) is 17.7 Å². The molecule has 0 aromatic heterocycles. The number of amides is 1. The third-order valence-corrected chi connectivity index (χ3v) is 7.09. The van der Waals surface area contributed by atoms with Gasteiger partial charge in [-0.05, 0) is 52.4 Å². The van der Waals surface area contributed by atoms with Gasteiger partial charge in [-0.1, -0.05) is 83.9 Å². The van der Waals surface area contributed by atoms with E-state index in [2.05, 4.69) is 17.4 Å². The summed E-state index contributed by atoms with van der Waals surface area (Å²) in [6.07, 6.45) is 2.07. The molecule has 0 unspecified atom stereocenters. The van der Waals surface area contributed by atoms with E-state index >= 15 is 0 Å². The predicted octanol–water partition coefficient (Wildman–Crippen LogP) is 6.56. The molecular formula is C29H23Cl2NO4. The Morgan fingerprint density at radius 1 is 0.889 bits per heavy atom. The van der Waals surface area contributed by atoms with Gasteiger partial charge in [-0.15, -0.1) is 0 Å². The van der Waals surface area contributed by atoms with Crippen molar-refractivity contribution in [1.29, 1.82) is 0 Å². The fourth-order valence-corrected chi connectivity index (χ4v) is 5.31. The number of hydrogen-bond acceptors (Lipinski definition) is 3. The molecular weight excluding hydrogens is 497 g/mol. The quantitative estimate of drug-likeness (QED) is 0.302. The van der Waals surface area contributed by atoms with Gasteiger partial charge in [0.05, 0.1) is 22.2 Å². The van der Waals surface area contributed by atoms with E-state index in [0.717, 1.165) is 46.1 Å². The summed E-state index contributed by atoms with van der Waals surface area (Å²) >= 11 is 12.3. The zero-order valence-electron chi connectivity index (χ0n) is 19.3. The average Bonchev–Trinajstić information content (AvgIpc) is 2.88. The largest absolute Gasteiger partial charge is 0.493 e. The molecule has 0 saturated carbocycles. The number of aliphatic carboxylic acids is 1. The number of rotatable bonds is 6. The van der Waals surface area contributed by atoms with E-state index < -0.39 is 17.9 Å². The van der Waals surface area contributed by atoms with Crippen molar-refractivity contribution in [2.45, 2.75) is 25.3 Å². The van der Waals surface area contributed by atoms with Crippen LogP contribution in [0.25, 0.3) is 21.9 Å². The average molecular weight is 520 g/mol. The summed E-state index contributed by atoms with van der Waals surface area (Å²) in [5.74, 6) is -0.869. The molecule has 5 rings (SSSR count). The summed E-state index contributed by atoms with van der Waals surface area (Å²) in [6, 6.07) is 21.5. The summed E-state index contributed by atoms with van der Waals surface area (Å²) in [5, 5.41) is 14.7. The highest BCUT2D eigenvalue weighted by atomic mass is 35.5. The molecule has 36 heavy (non-hydrogen) atoms. The number of carboxylic acids is 1. The summed E-state index contributed by atoms with van der Waals surface area (Å²) in [4.78, 5) is 25.0. The number of benzene rings is 4. The second kappa shape index (κ2) is 10.2. The molecule has 0 spiro atoms. The van der Waals surface area contributed by atoms with Crippen LogP contribution in [0.15, 0.2) is 72.8 Å². The van der Waals surface area contributed by atoms with Crippen molar-refractivity contribution in [3.05, 3.63) is 99.5 Å². The number of hydrogen-bond donors (Lipinski definition) is 2. The molecule has 0 bridgehead atoms. The Hall–Kier alpha value is -3.54. The van der Waals surface area contributed by atoms with Crippen LogP contribution in [-0.4, -0.2) is 29.6 Å². The second-order valence-electron chi connectivity index (χ2n) is 8.73. The zero-order chi connectivity index (χ0) is 25.2. The van der Waals surface area contributed by atoms with Crippen molar-refractivity contribution < 1.29 is 19.4 Å². The second-order valence-corrected chi connectivity index (χ2v) is 9.54. The Morgan fingerprint density at radius 2 is 1.61 bits per heavy atom. The lowest BCUT2D eigenvalue weighted by Crippen LogP contribution is -2.42. The Morgan fingerprint density at radius 3 is 2.36 bits per heavy atom. The van der Waals surface area contributed by atoms with Crippen molar-refractivity contribution >= 4 is 45.9 Å². The van der Waals surface area contributed by atoms with Crippen LogP contribution in [0, 0.1) is 0 Å². The lowest BCUT2D eigenvalue weighted by molar-refractivity contribution is -0.139. The Kier molecular flexibility index (Phi) is 6.86. The highest BCUT2D eigenvalue weighted by Crippen LogP contribution is 2.40. The first-order valence-corrected chi connectivity index (χ1v) is 12.4. The first kappa shape index (κ1) is 24.2. The number of nitrogens with one attached hydrogen (secondary N) is 1. The number of carbonyl (C=O) groups is 2. The van der Waals surface area contributed by atoms with Crippen LogP contribution in [-0.2, 0) is 17.6 Å². The van der Waals surface area contributed by atoms with Gasteiger partial charge in [-0.25, -0.2) is 4.79 Å². The van der Waals surface area contributed by atoms with E-state index in [9.17, 15) is 14.7 Å². The van der Waals surface area contributed by atoms with Gasteiger partial charge in [-0.2, -0.15) is 0 Å². The maximum absolute atomic E-state index is 12.9. The topological polar surface area (TPSA) is 75.6 Å². The number of ether oxygens (including phenoxy) is 1. The molecule has 1 aliphatic rings. The first-order chi connectivity index (χ1) is 17.4. The molecule has 1 amide bonds. The van der Waals surface area contributed by atoms with Gasteiger partial charge in [0, 0.05) is 12.0 Å². The smallest absolute Gasteiger partial charge is 0.326 e. The minimum Gasteiger partial charge on any atom is -0.493 e. The van der Waals surface area contributed by atoms with E-state index in [0.29, 0.717) is 6.61 Å². The summed E-state index contributed by atoms with van der Waals surface area (Å²) in [6.45, 7) is 0.690. The Labute approximate surface area is 218 Å². The zero-order valence-corrected chi connectivity index (χ0v) is 20.8. The molecule has 5 nitrogen and oxygen atoms in total. The minimum absolute atomic E-state index is 0.0566. The van der Waals surface area contributed by atoms with E-state index in [4.69, 9.17) is 27.9 Å².